The first-order valence-electron chi connectivity index (χ1n) is 11.5. The summed E-state index contributed by atoms with van der Waals surface area (Å²) in [4.78, 5) is 19.2. The number of aliphatic hydroxyl groups is 1. The third-order valence-electron chi connectivity index (χ3n) is 6.34. The number of hydrogen-bond acceptors (Lipinski definition) is 4. The summed E-state index contributed by atoms with van der Waals surface area (Å²) < 4.78 is 19.9. The van der Waals surface area contributed by atoms with Gasteiger partial charge in [-0.1, -0.05) is 48.5 Å². The SMILES string of the molecule is CN(Cc1ccccc1F)C(=O)N[C@]1(c2ccc(OCc3ccccc3)cn2)CC[C@H](O)CC1. The molecule has 0 saturated heterocycles. The van der Waals surface area contributed by atoms with Gasteiger partial charge in [0.15, 0.2) is 0 Å². The van der Waals surface area contributed by atoms with E-state index in [0.29, 0.717) is 43.6 Å². The van der Waals surface area contributed by atoms with Crippen molar-refractivity contribution in [1.82, 2.24) is 15.2 Å². The Labute approximate surface area is 199 Å². The maximum absolute atomic E-state index is 14.1. The van der Waals surface area contributed by atoms with Gasteiger partial charge in [-0.2, -0.15) is 0 Å². The molecule has 2 N–H and O–H groups in total. The van der Waals surface area contributed by atoms with Crippen LogP contribution >= 0.6 is 0 Å². The van der Waals surface area contributed by atoms with Gasteiger partial charge in [0.1, 0.15) is 18.2 Å². The van der Waals surface area contributed by atoms with Crippen LogP contribution in [0.3, 0.4) is 0 Å². The Morgan fingerprint density at radius 3 is 2.50 bits per heavy atom. The molecule has 0 bridgehead atoms. The van der Waals surface area contributed by atoms with Gasteiger partial charge >= 0.3 is 6.03 Å². The van der Waals surface area contributed by atoms with Crippen molar-refractivity contribution < 1.29 is 19.0 Å². The smallest absolute Gasteiger partial charge is 0.318 e. The molecule has 1 fully saturated rings. The fourth-order valence-corrected chi connectivity index (χ4v) is 4.28. The molecule has 0 atom stereocenters. The number of nitrogens with one attached hydrogen (secondary N) is 1. The number of pyridine rings is 1. The van der Waals surface area contributed by atoms with E-state index in [1.807, 2.05) is 42.5 Å². The molecule has 4 rings (SSSR count). The van der Waals surface area contributed by atoms with E-state index in [-0.39, 0.29) is 18.4 Å². The monoisotopic (exact) mass is 463 g/mol. The Kier molecular flexibility index (Phi) is 7.43. The van der Waals surface area contributed by atoms with Gasteiger partial charge in [-0.3, -0.25) is 4.98 Å². The fraction of sp³-hybridized carbons (Fsp3) is 0.333. The lowest BCUT2D eigenvalue weighted by molar-refractivity contribution is 0.0808. The van der Waals surface area contributed by atoms with Crippen molar-refractivity contribution in [2.45, 2.75) is 50.5 Å². The Balaban J connectivity index is 1.47. The minimum Gasteiger partial charge on any atom is -0.487 e. The third-order valence-corrected chi connectivity index (χ3v) is 6.34. The number of carbonyl (C=O) groups excluding carboxylic acids is 1. The Morgan fingerprint density at radius 1 is 1.12 bits per heavy atom. The lowest BCUT2D eigenvalue weighted by atomic mass is 9.78. The molecule has 6 nitrogen and oxygen atoms in total. The summed E-state index contributed by atoms with van der Waals surface area (Å²) >= 11 is 0. The zero-order chi connectivity index (χ0) is 24.0. The second-order valence-electron chi connectivity index (χ2n) is 8.84. The summed E-state index contributed by atoms with van der Waals surface area (Å²) in [7, 11) is 1.64. The lowest BCUT2D eigenvalue weighted by Crippen LogP contribution is -2.52. The molecule has 0 spiro atoms. The summed E-state index contributed by atoms with van der Waals surface area (Å²) in [6.07, 6.45) is 3.51. The zero-order valence-electron chi connectivity index (χ0n) is 19.3. The second-order valence-corrected chi connectivity index (χ2v) is 8.84. The number of aromatic nitrogens is 1. The van der Waals surface area contributed by atoms with Crippen molar-refractivity contribution in [3.8, 4) is 5.75 Å². The van der Waals surface area contributed by atoms with E-state index >= 15 is 0 Å². The molecule has 0 unspecified atom stereocenters. The van der Waals surface area contributed by atoms with Crippen molar-refractivity contribution >= 4 is 6.03 Å². The van der Waals surface area contributed by atoms with Crippen LogP contribution in [0.15, 0.2) is 72.9 Å². The molecule has 178 valence electrons. The average Bonchev–Trinajstić information content (AvgIpc) is 2.86. The quantitative estimate of drug-likeness (QED) is 0.529. The van der Waals surface area contributed by atoms with E-state index in [1.54, 1.807) is 31.4 Å². The van der Waals surface area contributed by atoms with Crippen LogP contribution in [0.25, 0.3) is 0 Å². The molecule has 1 aliphatic rings. The predicted molar refractivity (Wildman–Crippen MR) is 128 cm³/mol. The van der Waals surface area contributed by atoms with Crippen LogP contribution < -0.4 is 10.1 Å². The number of amides is 2. The maximum Gasteiger partial charge on any atom is 0.318 e. The standard InChI is InChI=1S/C27H30FN3O3/c1-31(18-21-9-5-6-10-24(21)28)26(33)30-27(15-13-22(32)14-16-27)25-12-11-23(17-29-25)34-19-20-7-3-2-4-8-20/h2-12,17,22,32H,13-16,18-19H2,1H3,(H,30,33)/t22-,27+. The first kappa shape index (κ1) is 23.7. The van der Waals surface area contributed by atoms with Gasteiger partial charge < -0.3 is 20.1 Å². The number of aliphatic hydroxyl groups excluding tert-OH is 1. The number of hydrogen-bond donors (Lipinski definition) is 2. The van der Waals surface area contributed by atoms with Crippen LogP contribution in [0.4, 0.5) is 9.18 Å². The number of benzene rings is 2. The van der Waals surface area contributed by atoms with Crippen LogP contribution in [-0.2, 0) is 18.7 Å². The number of carbonyl (C=O) groups is 1. The maximum atomic E-state index is 14.1. The Bertz CT molecular complexity index is 1080. The number of urea groups is 1. The molecule has 7 heteroatoms. The largest absolute Gasteiger partial charge is 0.487 e. The number of halogens is 1. The predicted octanol–water partition coefficient (Wildman–Crippen LogP) is 4.77. The van der Waals surface area contributed by atoms with Crippen LogP contribution in [-0.4, -0.2) is 34.2 Å². The lowest BCUT2D eigenvalue weighted by Gasteiger charge is -2.40. The minimum absolute atomic E-state index is 0.150. The second kappa shape index (κ2) is 10.7. The van der Waals surface area contributed by atoms with E-state index in [9.17, 15) is 14.3 Å². The molecule has 34 heavy (non-hydrogen) atoms. The van der Waals surface area contributed by atoms with Crippen molar-refractivity contribution in [3.63, 3.8) is 0 Å². The van der Waals surface area contributed by atoms with Crippen molar-refractivity contribution in [2.75, 3.05) is 7.05 Å². The van der Waals surface area contributed by atoms with Crippen molar-refractivity contribution in [1.29, 1.82) is 0 Å². The molecule has 2 amide bonds. The summed E-state index contributed by atoms with van der Waals surface area (Å²) in [5.41, 5.74) is 1.53. The van der Waals surface area contributed by atoms with E-state index in [2.05, 4.69) is 10.3 Å². The molecule has 1 aromatic heterocycles. The highest BCUT2D eigenvalue weighted by molar-refractivity contribution is 5.75. The summed E-state index contributed by atoms with van der Waals surface area (Å²) in [6, 6.07) is 19.7. The number of nitrogens with zero attached hydrogens (tertiary/aromatic N) is 2. The van der Waals surface area contributed by atoms with Crippen molar-refractivity contribution in [3.05, 3.63) is 95.6 Å². The molecule has 1 aliphatic carbocycles. The van der Waals surface area contributed by atoms with Gasteiger partial charge in [0.2, 0.25) is 0 Å². The fourth-order valence-electron chi connectivity index (χ4n) is 4.28. The molecule has 1 heterocycles. The molecule has 1 saturated carbocycles. The van der Waals surface area contributed by atoms with Crippen LogP contribution in [0, 0.1) is 5.82 Å². The third kappa shape index (κ3) is 5.72. The van der Waals surface area contributed by atoms with E-state index in [0.717, 1.165) is 11.3 Å². The average molecular weight is 464 g/mol. The Hall–Kier alpha value is -3.45. The van der Waals surface area contributed by atoms with E-state index < -0.39 is 11.6 Å². The van der Waals surface area contributed by atoms with Crippen LogP contribution in [0.5, 0.6) is 5.75 Å². The normalized spacial score (nSPS) is 19.9. The first-order valence-corrected chi connectivity index (χ1v) is 11.5. The zero-order valence-corrected chi connectivity index (χ0v) is 19.3. The molecule has 3 aromatic rings. The van der Waals surface area contributed by atoms with Gasteiger partial charge in [0, 0.05) is 19.2 Å². The highest BCUT2D eigenvalue weighted by Crippen LogP contribution is 2.37. The summed E-state index contributed by atoms with van der Waals surface area (Å²) in [5, 5.41) is 13.2. The first-order chi connectivity index (χ1) is 16.4. The van der Waals surface area contributed by atoms with Gasteiger partial charge in [-0.15, -0.1) is 0 Å². The molecule has 2 aromatic carbocycles. The van der Waals surface area contributed by atoms with E-state index in [1.165, 1.54) is 11.0 Å². The molecule has 0 radical (unpaired) electrons. The summed E-state index contributed by atoms with van der Waals surface area (Å²) in [5.74, 6) is 0.298. The van der Waals surface area contributed by atoms with Crippen molar-refractivity contribution in [2.24, 2.45) is 0 Å². The van der Waals surface area contributed by atoms with Crippen LogP contribution in [0.1, 0.15) is 42.5 Å². The van der Waals surface area contributed by atoms with Gasteiger partial charge in [-0.25, -0.2) is 9.18 Å². The molecule has 0 aliphatic heterocycles. The highest BCUT2D eigenvalue weighted by atomic mass is 19.1. The number of ether oxygens (including phenoxy) is 1. The minimum atomic E-state index is -0.711. The van der Waals surface area contributed by atoms with Gasteiger partial charge in [0.25, 0.3) is 0 Å². The van der Waals surface area contributed by atoms with Crippen LogP contribution in [0.2, 0.25) is 0 Å². The highest BCUT2D eigenvalue weighted by Gasteiger charge is 2.39. The topological polar surface area (TPSA) is 74.7 Å². The van der Waals surface area contributed by atoms with Gasteiger partial charge in [0.05, 0.1) is 23.5 Å². The summed E-state index contributed by atoms with van der Waals surface area (Å²) in [6.45, 7) is 0.591. The number of rotatable bonds is 7. The molecular weight excluding hydrogens is 433 g/mol. The molecular formula is C27H30FN3O3. The van der Waals surface area contributed by atoms with Gasteiger partial charge in [-0.05, 0) is 49.4 Å². The van der Waals surface area contributed by atoms with E-state index in [4.69, 9.17) is 4.74 Å². The Morgan fingerprint density at radius 2 is 1.82 bits per heavy atom.